The van der Waals surface area contributed by atoms with Gasteiger partial charge < -0.3 is 19.3 Å². The molecular formula is C26H32ClN3O4. The van der Waals surface area contributed by atoms with E-state index in [1.807, 2.05) is 55.5 Å². The smallest absolute Gasteiger partial charge is 0.227 e. The van der Waals surface area contributed by atoms with Gasteiger partial charge in [-0.3, -0.25) is 4.90 Å². The van der Waals surface area contributed by atoms with Gasteiger partial charge >= 0.3 is 0 Å². The highest BCUT2D eigenvalue weighted by atomic mass is 35.5. The third-order valence-corrected chi connectivity index (χ3v) is 5.50. The molecule has 182 valence electrons. The lowest BCUT2D eigenvalue weighted by Crippen LogP contribution is -2.36. The maximum atomic E-state index is 10.5. The lowest BCUT2D eigenvalue weighted by molar-refractivity contribution is 0.0192. The van der Waals surface area contributed by atoms with Gasteiger partial charge in [-0.25, -0.2) is 4.68 Å². The van der Waals surface area contributed by atoms with Crippen LogP contribution in [0.2, 0.25) is 5.02 Å². The van der Waals surface area contributed by atoms with Crippen LogP contribution in [0.1, 0.15) is 11.3 Å². The number of hydrogen-bond donors (Lipinski definition) is 1. The molecule has 1 aromatic heterocycles. The van der Waals surface area contributed by atoms with Crippen molar-refractivity contribution in [3.8, 4) is 17.3 Å². The third-order valence-electron chi connectivity index (χ3n) is 5.19. The fraction of sp³-hybridized carbons (Fsp3) is 0.346. The zero-order valence-corrected chi connectivity index (χ0v) is 20.4. The van der Waals surface area contributed by atoms with Gasteiger partial charge in [-0.1, -0.05) is 48.0 Å². The minimum absolute atomic E-state index is 0.223. The Morgan fingerprint density at radius 2 is 1.91 bits per heavy atom. The van der Waals surface area contributed by atoms with Crippen molar-refractivity contribution >= 4 is 11.6 Å². The monoisotopic (exact) mass is 485 g/mol. The summed E-state index contributed by atoms with van der Waals surface area (Å²) in [5.41, 5.74) is 2.60. The van der Waals surface area contributed by atoms with Crippen LogP contribution >= 0.6 is 11.6 Å². The molecule has 1 atom stereocenters. The molecule has 1 heterocycles. The van der Waals surface area contributed by atoms with Crippen molar-refractivity contribution in [2.75, 3.05) is 40.0 Å². The van der Waals surface area contributed by atoms with Crippen molar-refractivity contribution in [2.24, 2.45) is 0 Å². The summed E-state index contributed by atoms with van der Waals surface area (Å²) in [7, 11) is 1.66. The average Bonchev–Trinajstić information content (AvgIpc) is 3.14. The second kappa shape index (κ2) is 13.3. The molecule has 0 amide bonds. The van der Waals surface area contributed by atoms with E-state index < -0.39 is 6.10 Å². The molecule has 3 aromatic rings. The van der Waals surface area contributed by atoms with E-state index in [2.05, 4.69) is 11.5 Å². The van der Waals surface area contributed by atoms with Crippen molar-refractivity contribution in [1.82, 2.24) is 14.7 Å². The average molecular weight is 486 g/mol. The van der Waals surface area contributed by atoms with Gasteiger partial charge in [0.1, 0.15) is 5.75 Å². The number of aromatic nitrogens is 2. The van der Waals surface area contributed by atoms with Gasteiger partial charge in [-0.15, -0.1) is 6.58 Å². The van der Waals surface area contributed by atoms with E-state index in [4.69, 9.17) is 30.9 Å². The number of ether oxygens (including phenoxy) is 3. The summed E-state index contributed by atoms with van der Waals surface area (Å²) in [5.74, 6) is 1.13. The summed E-state index contributed by atoms with van der Waals surface area (Å²) in [5, 5.41) is 15.8. The van der Waals surface area contributed by atoms with Crippen LogP contribution in [0, 0.1) is 6.92 Å². The van der Waals surface area contributed by atoms with E-state index in [1.165, 1.54) is 0 Å². The fourth-order valence-electron chi connectivity index (χ4n) is 3.52. The maximum absolute atomic E-state index is 10.5. The number of para-hydroxylation sites is 2. The first kappa shape index (κ1) is 25.9. The van der Waals surface area contributed by atoms with Gasteiger partial charge in [0.15, 0.2) is 0 Å². The summed E-state index contributed by atoms with van der Waals surface area (Å²) in [4.78, 5) is 2.10. The van der Waals surface area contributed by atoms with E-state index in [9.17, 15) is 5.11 Å². The van der Waals surface area contributed by atoms with Crippen LogP contribution in [0.5, 0.6) is 11.6 Å². The number of aliphatic hydroxyl groups excluding tert-OH is 1. The van der Waals surface area contributed by atoms with Crippen molar-refractivity contribution in [2.45, 2.75) is 19.6 Å². The molecule has 0 bridgehead atoms. The molecule has 0 fully saturated rings. The second-order valence-corrected chi connectivity index (χ2v) is 8.26. The number of aryl methyl sites for hydroxylation is 1. The van der Waals surface area contributed by atoms with E-state index >= 15 is 0 Å². The number of halogens is 1. The molecule has 0 aliphatic heterocycles. The molecule has 0 aliphatic carbocycles. The summed E-state index contributed by atoms with van der Waals surface area (Å²) in [6.07, 6.45) is 1.00. The SMILES string of the molecule is C=CCOCC(O)CN(CCOC)Cc1c(C)nn(-c2ccccc2)c1Oc1ccccc1Cl. The lowest BCUT2D eigenvalue weighted by Gasteiger charge is -2.25. The topological polar surface area (TPSA) is 69.0 Å². The summed E-state index contributed by atoms with van der Waals surface area (Å²) in [6, 6.07) is 17.2. The first-order chi connectivity index (χ1) is 16.5. The fourth-order valence-corrected chi connectivity index (χ4v) is 3.69. The molecule has 1 unspecified atom stereocenters. The second-order valence-electron chi connectivity index (χ2n) is 7.86. The maximum Gasteiger partial charge on any atom is 0.227 e. The summed E-state index contributed by atoms with van der Waals surface area (Å²) >= 11 is 6.40. The highest BCUT2D eigenvalue weighted by Gasteiger charge is 2.23. The molecule has 0 saturated heterocycles. The molecule has 34 heavy (non-hydrogen) atoms. The molecule has 0 radical (unpaired) electrons. The van der Waals surface area contributed by atoms with Crippen LogP contribution in [0.25, 0.3) is 5.69 Å². The Morgan fingerprint density at radius 3 is 2.62 bits per heavy atom. The Hall–Kier alpha value is -2.68. The molecule has 3 rings (SSSR count). The first-order valence-corrected chi connectivity index (χ1v) is 11.6. The van der Waals surface area contributed by atoms with Gasteiger partial charge in [-0.2, -0.15) is 5.10 Å². The summed E-state index contributed by atoms with van der Waals surface area (Å²) < 4.78 is 18.9. The molecule has 2 aromatic carbocycles. The van der Waals surface area contributed by atoms with Gasteiger partial charge in [0.05, 0.1) is 47.9 Å². The standard InChI is InChI=1S/C26H32ClN3O4/c1-4-15-33-19-22(31)17-29(14-16-32-3)18-23-20(2)28-30(21-10-6-5-7-11-21)26(23)34-25-13-9-8-12-24(25)27/h4-13,22,31H,1,14-19H2,2-3H3. The number of aliphatic hydroxyl groups is 1. The number of nitrogens with zero attached hydrogens (tertiary/aromatic N) is 3. The molecule has 0 spiro atoms. The van der Waals surface area contributed by atoms with Crippen LogP contribution < -0.4 is 4.74 Å². The van der Waals surface area contributed by atoms with Gasteiger partial charge in [0.2, 0.25) is 5.88 Å². The molecule has 8 heteroatoms. The number of rotatable bonds is 14. The molecule has 0 aliphatic rings. The zero-order chi connectivity index (χ0) is 24.3. The van der Waals surface area contributed by atoms with Crippen molar-refractivity contribution < 1.29 is 19.3 Å². The normalized spacial score (nSPS) is 12.1. The Kier molecular flexibility index (Phi) is 10.1. The summed E-state index contributed by atoms with van der Waals surface area (Å²) in [6.45, 7) is 8.25. The van der Waals surface area contributed by atoms with Crippen LogP contribution in [0.15, 0.2) is 67.3 Å². The number of methoxy groups -OCH3 is 1. The Balaban J connectivity index is 1.93. The third kappa shape index (κ3) is 7.16. The van der Waals surface area contributed by atoms with Crippen LogP contribution in [-0.4, -0.2) is 65.9 Å². The Labute approximate surface area is 206 Å². The van der Waals surface area contributed by atoms with E-state index in [1.54, 1.807) is 23.9 Å². The Morgan fingerprint density at radius 1 is 1.18 bits per heavy atom. The van der Waals surface area contributed by atoms with Crippen LogP contribution in [0.4, 0.5) is 0 Å². The number of hydrogen-bond acceptors (Lipinski definition) is 6. The predicted molar refractivity (Wildman–Crippen MR) is 134 cm³/mol. The molecule has 7 nitrogen and oxygen atoms in total. The largest absolute Gasteiger partial charge is 0.437 e. The van der Waals surface area contributed by atoms with E-state index in [-0.39, 0.29) is 6.61 Å². The quantitative estimate of drug-likeness (QED) is 0.265. The van der Waals surface area contributed by atoms with E-state index in [0.29, 0.717) is 49.5 Å². The van der Waals surface area contributed by atoms with Gasteiger partial charge in [-0.05, 0) is 31.2 Å². The Bertz CT molecular complexity index is 1040. The lowest BCUT2D eigenvalue weighted by atomic mass is 10.2. The zero-order valence-electron chi connectivity index (χ0n) is 19.7. The predicted octanol–water partition coefficient (Wildman–Crippen LogP) is 4.64. The number of benzene rings is 2. The van der Waals surface area contributed by atoms with Crippen LogP contribution in [0.3, 0.4) is 0 Å². The van der Waals surface area contributed by atoms with Crippen molar-refractivity contribution in [3.63, 3.8) is 0 Å². The molecule has 1 N–H and O–H groups in total. The first-order valence-electron chi connectivity index (χ1n) is 11.2. The van der Waals surface area contributed by atoms with Gasteiger partial charge in [0.25, 0.3) is 0 Å². The minimum atomic E-state index is -0.658. The van der Waals surface area contributed by atoms with Crippen molar-refractivity contribution in [3.05, 3.63) is 83.5 Å². The highest BCUT2D eigenvalue weighted by molar-refractivity contribution is 6.32. The molecule has 0 saturated carbocycles. The molecular weight excluding hydrogens is 454 g/mol. The van der Waals surface area contributed by atoms with Crippen LogP contribution in [-0.2, 0) is 16.0 Å². The minimum Gasteiger partial charge on any atom is -0.437 e. The highest BCUT2D eigenvalue weighted by Crippen LogP contribution is 2.34. The van der Waals surface area contributed by atoms with Crippen molar-refractivity contribution in [1.29, 1.82) is 0 Å². The van der Waals surface area contributed by atoms with Gasteiger partial charge in [0, 0.05) is 26.7 Å². The van der Waals surface area contributed by atoms with E-state index in [0.717, 1.165) is 16.9 Å².